The van der Waals surface area contributed by atoms with Gasteiger partial charge in [0.1, 0.15) is 17.5 Å². The zero-order valence-corrected chi connectivity index (χ0v) is 15.4. The molecule has 8 heteroatoms. The third-order valence-electron chi connectivity index (χ3n) is 4.49. The third kappa shape index (κ3) is 2.88. The number of fused-ring (bicyclic) bond motifs is 1. The molecule has 3 aromatic rings. The molecule has 0 saturated carbocycles. The molecule has 2 aromatic heterocycles. The Bertz CT molecular complexity index is 1090. The van der Waals surface area contributed by atoms with Gasteiger partial charge in [-0.25, -0.2) is 14.7 Å². The summed E-state index contributed by atoms with van der Waals surface area (Å²) in [4.78, 5) is 29.7. The van der Waals surface area contributed by atoms with E-state index in [2.05, 4.69) is 22.0 Å². The van der Waals surface area contributed by atoms with Crippen molar-refractivity contribution in [3.05, 3.63) is 48.8 Å². The van der Waals surface area contributed by atoms with E-state index in [9.17, 15) is 9.59 Å². The molecule has 0 unspecified atom stereocenters. The second-order valence-electron chi connectivity index (χ2n) is 6.48. The van der Waals surface area contributed by atoms with Gasteiger partial charge in [-0.1, -0.05) is 24.7 Å². The summed E-state index contributed by atoms with van der Waals surface area (Å²) >= 11 is 0. The van der Waals surface area contributed by atoms with E-state index in [1.807, 2.05) is 13.8 Å². The number of ether oxygens (including phenoxy) is 1. The van der Waals surface area contributed by atoms with Crippen LogP contribution in [0.4, 0.5) is 10.5 Å². The first-order chi connectivity index (χ1) is 13.5. The zero-order valence-electron chi connectivity index (χ0n) is 15.4. The van der Waals surface area contributed by atoms with Crippen LogP contribution in [0.2, 0.25) is 0 Å². The number of nitrogens with one attached hydrogen (secondary N) is 1. The Hall–Kier alpha value is -3.68. The second kappa shape index (κ2) is 6.80. The van der Waals surface area contributed by atoms with Crippen molar-refractivity contribution < 1.29 is 18.8 Å². The van der Waals surface area contributed by atoms with Gasteiger partial charge in [0.15, 0.2) is 5.58 Å². The first-order valence-corrected chi connectivity index (χ1v) is 8.82. The molecule has 1 saturated heterocycles. The average Bonchev–Trinajstić information content (AvgIpc) is 3.24. The molecule has 4 rings (SSSR count). The molecule has 0 radical (unpaired) electrons. The number of urea groups is 1. The van der Waals surface area contributed by atoms with Crippen molar-refractivity contribution in [1.82, 2.24) is 15.5 Å². The van der Waals surface area contributed by atoms with Gasteiger partial charge >= 0.3 is 6.03 Å². The van der Waals surface area contributed by atoms with Crippen LogP contribution in [0.15, 0.2) is 47.6 Å². The van der Waals surface area contributed by atoms with Gasteiger partial charge in [0.05, 0.1) is 17.3 Å². The minimum atomic E-state index is -0.504. The molecule has 0 bridgehead atoms. The summed E-state index contributed by atoms with van der Waals surface area (Å²) in [6, 6.07) is 7.62. The number of carbonyl (C=O) groups is 2. The molecule has 8 nitrogen and oxygen atoms in total. The molecule has 1 aliphatic heterocycles. The van der Waals surface area contributed by atoms with Crippen LogP contribution >= 0.6 is 0 Å². The van der Waals surface area contributed by atoms with Crippen LogP contribution in [-0.2, 0) is 4.79 Å². The smallest absolute Gasteiger partial charge is 0.329 e. The van der Waals surface area contributed by atoms with E-state index in [1.165, 1.54) is 6.20 Å². The summed E-state index contributed by atoms with van der Waals surface area (Å²) in [7, 11) is 0. The van der Waals surface area contributed by atoms with Crippen LogP contribution in [-0.4, -0.2) is 28.1 Å². The van der Waals surface area contributed by atoms with Crippen molar-refractivity contribution in [1.29, 1.82) is 0 Å². The summed E-state index contributed by atoms with van der Waals surface area (Å²) < 4.78 is 11.2. The standard InChI is InChI=1S/C20H18N4O4/c1-4-13-19(25)24(20(26)22-13)12-8-9-16(21-10-12)27-14-6-5-7-15-17(14)18(11(2)3)23-28-15/h5-10,13H,2,4H2,1,3H3,(H,22,26)/t13-/m1/s1. The van der Waals surface area contributed by atoms with Gasteiger partial charge < -0.3 is 14.6 Å². The molecule has 28 heavy (non-hydrogen) atoms. The van der Waals surface area contributed by atoms with Crippen LogP contribution in [0.25, 0.3) is 16.5 Å². The molecule has 1 aromatic carbocycles. The Morgan fingerprint density at radius 3 is 2.79 bits per heavy atom. The van der Waals surface area contributed by atoms with E-state index in [4.69, 9.17) is 9.26 Å². The van der Waals surface area contributed by atoms with Crippen LogP contribution in [0.3, 0.4) is 0 Å². The van der Waals surface area contributed by atoms with Gasteiger partial charge in [-0.3, -0.25) is 4.79 Å². The molecule has 3 amide bonds. The molecule has 1 atom stereocenters. The van der Waals surface area contributed by atoms with Crippen molar-refractivity contribution in [2.75, 3.05) is 4.90 Å². The number of hydrogen-bond donors (Lipinski definition) is 1. The normalized spacial score (nSPS) is 16.5. The molecule has 1 N–H and O–H groups in total. The minimum absolute atomic E-state index is 0.289. The van der Waals surface area contributed by atoms with E-state index in [0.717, 1.165) is 10.5 Å². The van der Waals surface area contributed by atoms with Gasteiger partial charge in [0, 0.05) is 6.07 Å². The maximum absolute atomic E-state index is 12.3. The first-order valence-electron chi connectivity index (χ1n) is 8.82. The Kier molecular flexibility index (Phi) is 4.31. The lowest BCUT2D eigenvalue weighted by Crippen LogP contribution is -2.31. The van der Waals surface area contributed by atoms with Crippen molar-refractivity contribution in [3.8, 4) is 11.6 Å². The number of pyridine rings is 1. The van der Waals surface area contributed by atoms with Crippen molar-refractivity contribution in [2.24, 2.45) is 0 Å². The molecular weight excluding hydrogens is 360 g/mol. The fourth-order valence-corrected chi connectivity index (χ4v) is 3.07. The highest BCUT2D eigenvalue weighted by atomic mass is 16.5. The minimum Gasteiger partial charge on any atom is -0.438 e. The molecule has 0 aliphatic carbocycles. The molecular formula is C20H18N4O4. The van der Waals surface area contributed by atoms with E-state index in [0.29, 0.717) is 40.4 Å². The third-order valence-corrected chi connectivity index (χ3v) is 4.49. The Labute approximate surface area is 160 Å². The van der Waals surface area contributed by atoms with Gasteiger partial charge in [-0.2, -0.15) is 0 Å². The van der Waals surface area contributed by atoms with Crippen LogP contribution < -0.4 is 15.0 Å². The molecule has 1 aliphatic rings. The number of imide groups is 1. The van der Waals surface area contributed by atoms with E-state index in [1.54, 1.807) is 30.3 Å². The Balaban J connectivity index is 1.62. The number of benzene rings is 1. The Morgan fingerprint density at radius 2 is 2.14 bits per heavy atom. The molecule has 0 spiro atoms. The monoisotopic (exact) mass is 378 g/mol. The number of carbonyl (C=O) groups excluding carboxylic acids is 2. The highest BCUT2D eigenvalue weighted by Crippen LogP contribution is 2.34. The van der Waals surface area contributed by atoms with E-state index in [-0.39, 0.29) is 5.91 Å². The van der Waals surface area contributed by atoms with Gasteiger partial charge in [0.2, 0.25) is 5.88 Å². The number of aromatic nitrogens is 2. The van der Waals surface area contributed by atoms with Crippen molar-refractivity contribution in [2.45, 2.75) is 26.3 Å². The predicted molar refractivity (Wildman–Crippen MR) is 103 cm³/mol. The highest BCUT2D eigenvalue weighted by Gasteiger charge is 2.38. The van der Waals surface area contributed by atoms with Crippen molar-refractivity contribution in [3.63, 3.8) is 0 Å². The summed E-state index contributed by atoms with van der Waals surface area (Å²) in [5.74, 6) is 0.547. The number of hydrogen-bond acceptors (Lipinski definition) is 6. The summed E-state index contributed by atoms with van der Waals surface area (Å²) in [6.45, 7) is 7.59. The van der Waals surface area contributed by atoms with Crippen LogP contribution in [0.5, 0.6) is 11.6 Å². The Morgan fingerprint density at radius 1 is 1.32 bits per heavy atom. The number of rotatable bonds is 5. The van der Waals surface area contributed by atoms with Gasteiger partial charge in [-0.15, -0.1) is 0 Å². The predicted octanol–water partition coefficient (Wildman–Crippen LogP) is 3.88. The first kappa shape index (κ1) is 17.7. The lowest BCUT2D eigenvalue weighted by Gasteiger charge is -2.13. The SMILES string of the molecule is C=C(C)c1noc2cccc(Oc3ccc(N4C(=O)N[C@H](CC)C4=O)cn3)c12. The summed E-state index contributed by atoms with van der Waals surface area (Å²) in [5, 5.41) is 7.38. The number of nitrogens with zero attached hydrogens (tertiary/aromatic N) is 3. The molecule has 3 heterocycles. The number of anilines is 1. The maximum atomic E-state index is 12.3. The van der Waals surface area contributed by atoms with Crippen LogP contribution in [0.1, 0.15) is 26.0 Å². The highest BCUT2D eigenvalue weighted by molar-refractivity contribution is 6.21. The second-order valence-corrected chi connectivity index (χ2v) is 6.48. The van der Waals surface area contributed by atoms with Crippen molar-refractivity contribution >= 4 is 34.2 Å². The largest absolute Gasteiger partial charge is 0.438 e. The van der Waals surface area contributed by atoms with Gasteiger partial charge in [0.25, 0.3) is 5.91 Å². The lowest BCUT2D eigenvalue weighted by molar-refractivity contribution is -0.118. The molecule has 1 fully saturated rings. The van der Waals surface area contributed by atoms with E-state index >= 15 is 0 Å². The maximum Gasteiger partial charge on any atom is 0.329 e. The zero-order chi connectivity index (χ0) is 19.8. The van der Waals surface area contributed by atoms with E-state index < -0.39 is 12.1 Å². The fourth-order valence-electron chi connectivity index (χ4n) is 3.07. The van der Waals surface area contributed by atoms with Crippen LogP contribution in [0, 0.1) is 0 Å². The quantitative estimate of drug-likeness (QED) is 0.677. The topological polar surface area (TPSA) is 97.6 Å². The van der Waals surface area contributed by atoms with Gasteiger partial charge in [-0.05, 0) is 37.1 Å². The number of allylic oxidation sites excluding steroid dienone is 1. The molecule has 142 valence electrons. The number of amides is 3. The lowest BCUT2D eigenvalue weighted by atomic mass is 10.1. The fraction of sp³-hybridized carbons (Fsp3) is 0.200. The average molecular weight is 378 g/mol. The summed E-state index contributed by atoms with van der Waals surface area (Å²) in [6.07, 6.45) is 1.96. The summed E-state index contributed by atoms with van der Waals surface area (Å²) in [5.41, 5.74) is 2.34.